The van der Waals surface area contributed by atoms with Crippen molar-refractivity contribution in [3.8, 4) is 5.69 Å². The number of rotatable bonds is 2. The van der Waals surface area contributed by atoms with Gasteiger partial charge in [-0.25, -0.2) is 13.9 Å². The van der Waals surface area contributed by atoms with Gasteiger partial charge in [-0.15, -0.1) is 0 Å². The molecular weight excluding hydrogens is 199 g/mol. The second kappa shape index (κ2) is 3.53. The number of para-hydroxylation sites is 1. The summed E-state index contributed by atoms with van der Waals surface area (Å²) in [6.07, 6.45) is 1.40. The molecule has 0 fully saturated rings. The predicted molar refractivity (Wildman–Crippen MR) is 50.5 cm³/mol. The van der Waals surface area contributed by atoms with Gasteiger partial charge in [0.15, 0.2) is 5.69 Å². The Labute approximate surface area is 84.6 Å². The Morgan fingerprint density at radius 1 is 1.33 bits per heavy atom. The topological polar surface area (TPSA) is 55.1 Å². The molecule has 5 heteroatoms. The zero-order chi connectivity index (χ0) is 10.8. The maximum Gasteiger partial charge on any atom is 0.356 e. The fourth-order valence-corrected chi connectivity index (χ4v) is 1.21. The van der Waals surface area contributed by atoms with Gasteiger partial charge in [-0.3, -0.25) is 0 Å². The third-order valence-electron chi connectivity index (χ3n) is 1.91. The van der Waals surface area contributed by atoms with Gasteiger partial charge in [0.05, 0.1) is 0 Å². The van der Waals surface area contributed by atoms with Crippen LogP contribution in [0.3, 0.4) is 0 Å². The first-order valence-corrected chi connectivity index (χ1v) is 4.22. The molecule has 0 amide bonds. The number of hydrogen-bond acceptors (Lipinski definition) is 2. The Bertz CT molecular complexity index is 508. The first-order valence-electron chi connectivity index (χ1n) is 4.22. The summed E-state index contributed by atoms with van der Waals surface area (Å²) in [4.78, 5) is 10.6. The number of hydrogen-bond donors (Lipinski definition) is 1. The van der Waals surface area contributed by atoms with E-state index >= 15 is 0 Å². The summed E-state index contributed by atoms with van der Waals surface area (Å²) in [5.74, 6) is -1.58. The third-order valence-corrected chi connectivity index (χ3v) is 1.91. The molecule has 0 saturated heterocycles. The molecule has 0 atom stereocenters. The van der Waals surface area contributed by atoms with E-state index in [1.54, 1.807) is 12.1 Å². The Kier molecular flexibility index (Phi) is 2.21. The molecule has 2 rings (SSSR count). The van der Waals surface area contributed by atoms with Crippen molar-refractivity contribution in [3.05, 3.63) is 48.0 Å². The Morgan fingerprint density at radius 3 is 2.67 bits per heavy atom. The fraction of sp³-hybridized carbons (Fsp3) is 0. The van der Waals surface area contributed by atoms with Crippen molar-refractivity contribution >= 4 is 5.97 Å². The van der Waals surface area contributed by atoms with Crippen molar-refractivity contribution in [1.82, 2.24) is 9.78 Å². The second-order valence-corrected chi connectivity index (χ2v) is 2.90. The molecule has 0 saturated carbocycles. The van der Waals surface area contributed by atoms with Crippen LogP contribution < -0.4 is 0 Å². The maximum atomic E-state index is 13.3. The molecule has 0 spiro atoms. The average Bonchev–Trinajstić information content (AvgIpc) is 2.67. The smallest absolute Gasteiger partial charge is 0.356 e. The van der Waals surface area contributed by atoms with Crippen LogP contribution in [-0.4, -0.2) is 20.9 Å². The van der Waals surface area contributed by atoms with Crippen LogP contribution in [0.15, 0.2) is 36.5 Å². The van der Waals surface area contributed by atoms with Gasteiger partial charge in [0.2, 0.25) is 0 Å². The van der Waals surface area contributed by atoms with Crippen molar-refractivity contribution in [2.45, 2.75) is 0 Å². The van der Waals surface area contributed by atoms with E-state index in [1.807, 2.05) is 0 Å². The molecule has 1 aromatic heterocycles. The van der Waals surface area contributed by atoms with Crippen LogP contribution >= 0.6 is 0 Å². The van der Waals surface area contributed by atoms with Gasteiger partial charge in [-0.2, -0.15) is 5.10 Å². The number of halogens is 1. The highest BCUT2D eigenvalue weighted by atomic mass is 19.1. The monoisotopic (exact) mass is 206 g/mol. The van der Waals surface area contributed by atoms with E-state index in [1.165, 1.54) is 29.1 Å². The molecule has 4 nitrogen and oxygen atoms in total. The lowest BCUT2D eigenvalue weighted by atomic mass is 10.3. The minimum Gasteiger partial charge on any atom is -0.476 e. The number of carboxylic acids is 1. The summed E-state index contributed by atoms with van der Waals surface area (Å²) in [5.41, 5.74) is 0.114. The molecule has 15 heavy (non-hydrogen) atoms. The number of benzene rings is 1. The summed E-state index contributed by atoms with van der Waals surface area (Å²) < 4.78 is 14.5. The fourth-order valence-electron chi connectivity index (χ4n) is 1.21. The quantitative estimate of drug-likeness (QED) is 0.813. The van der Waals surface area contributed by atoms with Crippen molar-refractivity contribution in [1.29, 1.82) is 0 Å². The Morgan fingerprint density at radius 2 is 2.07 bits per heavy atom. The van der Waals surface area contributed by atoms with Crippen molar-refractivity contribution in [2.24, 2.45) is 0 Å². The number of carbonyl (C=O) groups is 1. The van der Waals surface area contributed by atoms with Crippen LogP contribution in [0.1, 0.15) is 10.5 Å². The molecule has 0 aliphatic carbocycles. The largest absolute Gasteiger partial charge is 0.476 e. The van der Waals surface area contributed by atoms with Gasteiger partial charge in [0.1, 0.15) is 11.5 Å². The Balaban J connectivity index is 2.46. The van der Waals surface area contributed by atoms with E-state index in [4.69, 9.17) is 5.11 Å². The van der Waals surface area contributed by atoms with Crippen molar-refractivity contribution in [2.75, 3.05) is 0 Å². The zero-order valence-corrected chi connectivity index (χ0v) is 7.59. The molecule has 1 heterocycles. The molecular formula is C10H7FN2O2. The van der Waals surface area contributed by atoms with Crippen LogP contribution in [0, 0.1) is 5.82 Å². The van der Waals surface area contributed by atoms with E-state index in [0.29, 0.717) is 0 Å². The molecule has 76 valence electrons. The van der Waals surface area contributed by atoms with E-state index in [0.717, 1.165) is 0 Å². The number of nitrogens with zero attached hydrogens (tertiary/aromatic N) is 2. The zero-order valence-electron chi connectivity index (χ0n) is 7.59. The third kappa shape index (κ3) is 1.71. The van der Waals surface area contributed by atoms with Gasteiger partial charge in [-0.1, -0.05) is 12.1 Å². The van der Waals surface area contributed by atoms with Crippen molar-refractivity contribution in [3.63, 3.8) is 0 Å². The van der Waals surface area contributed by atoms with Crippen LogP contribution in [-0.2, 0) is 0 Å². The molecule has 1 N–H and O–H groups in total. The normalized spacial score (nSPS) is 10.2. The highest BCUT2D eigenvalue weighted by Crippen LogP contribution is 2.11. The van der Waals surface area contributed by atoms with Crippen LogP contribution in [0.25, 0.3) is 5.69 Å². The summed E-state index contributed by atoms with van der Waals surface area (Å²) in [5, 5.41) is 12.4. The van der Waals surface area contributed by atoms with Crippen LogP contribution in [0.5, 0.6) is 0 Å². The lowest BCUT2D eigenvalue weighted by Gasteiger charge is -2.01. The number of carboxylic acid groups (broad SMARTS) is 1. The molecule has 0 unspecified atom stereocenters. The van der Waals surface area contributed by atoms with E-state index in [9.17, 15) is 9.18 Å². The lowest BCUT2D eigenvalue weighted by molar-refractivity contribution is 0.0690. The van der Waals surface area contributed by atoms with Crippen molar-refractivity contribution < 1.29 is 14.3 Å². The highest BCUT2D eigenvalue weighted by Gasteiger charge is 2.09. The predicted octanol–water partition coefficient (Wildman–Crippen LogP) is 1.71. The first-order chi connectivity index (χ1) is 7.18. The lowest BCUT2D eigenvalue weighted by Crippen LogP contribution is -2.02. The maximum absolute atomic E-state index is 13.3. The van der Waals surface area contributed by atoms with Gasteiger partial charge in [-0.05, 0) is 18.2 Å². The molecule has 1 aromatic carbocycles. The van der Waals surface area contributed by atoms with Crippen LogP contribution in [0.4, 0.5) is 4.39 Å². The minimum atomic E-state index is -1.13. The molecule has 0 radical (unpaired) electrons. The minimum absolute atomic E-state index is 0.113. The van der Waals surface area contributed by atoms with E-state index < -0.39 is 11.8 Å². The summed E-state index contributed by atoms with van der Waals surface area (Å²) >= 11 is 0. The molecule has 0 bridgehead atoms. The van der Waals surface area contributed by atoms with Gasteiger partial charge in [0.25, 0.3) is 0 Å². The van der Waals surface area contributed by atoms with Gasteiger partial charge >= 0.3 is 5.97 Å². The molecule has 2 aromatic rings. The van der Waals surface area contributed by atoms with Crippen LogP contribution in [0.2, 0.25) is 0 Å². The first kappa shape index (κ1) is 9.39. The second-order valence-electron chi connectivity index (χ2n) is 2.90. The Hall–Kier alpha value is -2.17. The van der Waals surface area contributed by atoms with Gasteiger partial charge < -0.3 is 5.11 Å². The standard InChI is InChI=1S/C10H7FN2O2/c11-7-3-1-2-4-9(7)13-6-5-8(12-13)10(14)15/h1-6H,(H,14,15). The average molecular weight is 206 g/mol. The van der Waals surface area contributed by atoms with E-state index in [-0.39, 0.29) is 11.4 Å². The number of aromatic nitrogens is 2. The molecule has 0 aliphatic rings. The summed E-state index contributed by atoms with van der Waals surface area (Å²) in [6, 6.07) is 7.33. The summed E-state index contributed by atoms with van der Waals surface area (Å²) in [6.45, 7) is 0. The molecule has 0 aliphatic heterocycles. The van der Waals surface area contributed by atoms with Gasteiger partial charge in [0, 0.05) is 6.20 Å². The van der Waals surface area contributed by atoms with E-state index in [2.05, 4.69) is 5.10 Å². The SMILES string of the molecule is O=C(O)c1ccn(-c2ccccc2F)n1. The summed E-state index contributed by atoms with van der Waals surface area (Å²) in [7, 11) is 0. The number of aromatic carboxylic acids is 1. The highest BCUT2D eigenvalue weighted by molar-refractivity contribution is 5.85.